The Morgan fingerprint density at radius 3 is 2.54 bits per heavy atom. The molecule has 1 saturated carbocycles. The molecule has 2 N–H and O–H groups in total. The molecular weight excluding hydrogens is 324 g/mol. The van der Waals surface area contributed by atoms with Crippen molar-refractivity contribution < 1.29 is 13.2 Å². The smallest absolute Gasteiger partial charge is 0.251 e. The summed E-state index contributed by atoms with van der Waals surface area (Å²) in [5, 5.41) is 3.05. The fourth-order valence-corrected chi connectivity index (χ4v) is 4.29. The van der Waals surface area contributed by atoms with Gasteiger partial charge in [0.15, 0.2) is 0 Å². The number of hydrogen-bond acceptors (Lipinski definition) is 3. The Morgan fingerprint density at radius 1 is 1.25 bits per heavy atom. The van der Waals surface area contributed by atoms with Crippen LogP contribution in [0, 0.1) is 6.92 Å². The predicted octanol–water partition coefficient (Wildman–Crippen LogP) is 3.13. The number of rotatable bonds is 6. The molecule has 1 atom stereocenters. The van der Waals surface area contributed by atoms with Gasteiger partial charge in [-0.1, -0.05) is 32.3 Å². The van der Waals surface area contributed by atoms with Crippen LogP contribution in [0.5, 0.6) is 0 Å². The quantitative estimate of drug-likeness (QED) is 0.826. The molecule has 1 fully saturated rings. The van der Waals surface area contributed by atoms with E-state index in [1.807, 2.05) is 20.8 Å². The van der Waals surface area contributed by atoms with Gasteiger partial charge in [0.05, 0.1) is 4.90 Å². The molecule has 1 aromatic rings. The summed E-state index contributed by atoms with van der Waals surface area (Å²) in [6.45, 7) is 5.57. The molecule has 134 valence electrons. The molecule has 0 aliphatic heterocycles. The van der Waals surface area contributed by atoms with Gasteiger partial charge in [0.25, 0.3) is 5.91 Å². The maximum Gasteiger partial charge on any atom is 0.251 e. The van der Waals surface area contributed by atoms with E-state index in [9.17, 15) is 13.2 Å². The first kappa shape index (κ1) is 18.9. The highest BCUT2D eigenvalue weighted by molar-refractivity contribution is 7.89. The van der Waals surface area contributed by atoms with Crippen molar-refractivity contribution in [2.24, 2.45) is 0 Å². The van der Waals surface area contributed by atoms with Gasteiger partial charge in [-0.3, -0.25) is 4.79 Å². The normalized spacial score (nSPS) is 17.5. The second-order valence-corrected chi connectivity index (χ2v) is 8.43. The molecule has 6 heteroatoms. The van der Waals surface area contributed by atoms with Crippen LogP contribution in [-0.4, -0.2) is 26.4 Å². The first-order chi connectivity index (χ1) is 11.3. The van der Waals surface area contributed by atoms with Crippen molar-refractivity contribution in [3.63, 3.8) is 0 Å². The van der Waals surface area contributed by atoms with E-state index in [0.29, 0.717) is 12.0 Å². The Hall–Kier alpha value is -1.40. The lowest BCUT2D eigenvalue weighted by Gasteiger charge is -2.23. The number of amides is 1. The summed E-state index contributed by atoms with van der Waals surface area (Å²) in [4.78, 5) is 12.7. The van der Waals surface area contributed by atoms with Gasteiger partial charge < -0.3 is 5.32 Å². The molecule has 0 heterocycles. The summed E-state index contributed by atoms with van der Waals surface area (Å²) in [5.41, 5.74) is 1.22. The van der Waals surface area contributed by atoms with Crippen molar-refractivity contribution in [2.75, 3.05) is 0 Å². The SMILES string of the molecule is CCC(C)NS(=O)(=O)c1ccc(C)c(C(=O)NC2CCCCC2)c1. The lowest BCUT2D eigenvalue weighted by Crippen LogP contribution is -2.37. The summed E-state index contributed by atoms with van der Waals surface area (Å²) >= 11 is 0. The number of nitrogens with one attached hydrogen (secondary N) is 2. The van der Waals surface area contributed by atoms with E-state index in [2.05, 4.69) is 10.0 Å². The van der Waals surface area contributed by atoms with Crippen molar-refractivity contribution in [3.05, 3.63) is 29.3 Å². The van der Waals surface area contributed by atoms with Gasteiger partial charge in [0.1, 0.15) is 0 Å². The highest BCUT2D eigenvalue weighted by Gasteiger charge is 2.21. The summed E-state index contributed by atoms with van der Waals surface area (Å²) in [6.07, 6.45) is 6.20. The maximum absolute atomic E-state index is 12.6. The van der Waals surface area contributed by atoms with Gasteiger partial charge in [0.2, 0.25) is 10.0 Å². The van der Waals surface area contributed by atoms with Crippen LogP contribution in [0.15, 0.2) is 23.1 Å². The molecule has 0 saturated heterocycles. The molecule has 1 aliphatic carbocycles. The zero-order valence-corrected chi connectivity index (χ0v) is 15.6. The molecule has 0 aromatic heterocycles. The largest absolute Gasteiger partial charge is 0.349 e. The summed E-state index contributed by atoms with van der Waals surface area (Å²) in [5.74, 6) is -0.181. The van der Waals surface area contributed by atoms with Crippen LogP contribution in [0.3, 0.4) is 0 Å². The highest BCUT2D eigenvalue weighted by atomic mass is 32.2. The molecule has 1 amide bonds. The second-order valence-electron chi connectivity index (χ2n) is 6.72. The molecule has 0 radical (unpaired) electrons. The minimum absolute atomic E-state index is 0.141. The van der Waals surface area contributed by atoms with Gasteiger partial charge in [-0.05, 0) is 50.8 Å². The standard InChI is InChI=1S/C18H28N2O3S/c1-4-14(3)20-24(22,23)16-11-10-13(2)17(12-16)18(21)19-15-8-6-5-7-9-15/h10-12,14-15,20H,4-9H2,1-3H3,(H,19,21). The van der Waals surface area contributed by atoms with E-state index in [1.54, 1.807) is 12.1 Å². The first-order valence-corrected chi connectivity index (χ1v) is 10.3. The molecule has 24 heavy (non-hydrogen) atoms. The van der Waals surface area contributed by atoms with Gasteiger partial charge in [-0.25, -0.2) is 13.1 Å². The van der Waals surface area contributed by atoms with E-state index in [4.69, 9.17) is 0 Å². The first-order valence-electron chi connectivity index (χ1n) is 8.77. The van der Waals surface area contributed by atoms with Crippen molar-refractivity contribution in [2.45, 2.75) is 76.3 Å². The number of hydrogen-bond donors (Lipinski definition) is 2. The fourth-order valence-electron chi connectivity index (χ4n) is 2.94. The van der Waals surface area contributed by atoms with Crippen LogP contribution in [0.1, 0.15) is 68.3 Å². The minimum atomic E-state index is -3.61. The summed E-state index contributed by atoms with van der Waals surface area (Å²) < 4.78 is 27.5. The van der Waals surface area contributed by atoms with Gasteiger partial charge >= 0.3 is 0 Å². The minimum Gasteiger partial charge on any atom is -0.349 e. The molecule has 0 bridgehead atoms. The average molecular weight is 353 g/mol. The van der Waals surface area contributed by atoms with Crippen molar-refractivity contribution in [1.29, 1.82) is 0 Å². The fraction of sp³-hybridized carbons (Fsp3) is 0.611. The van der Waals surface area contributed by atoms with Crippen molar-refractivity contribution in [1.82, 2.24) is 10.0 Å². The number of sulfonamides is 1. The molecular formula is C18H28N2O3S. The molecule has 0 spiro atoms. The molecule has 1 aliphatic rings. The van der Waals surface area contributed by atoms with Crippen molar-refractivity contribution in [3.8, 4) is 0 Å². The Morgan fingerprint density at radius 2 is 1.92 bits per heavy atom. The van der Waals surface area contributed by atoms with Crippen LogP contribution in [-0.2, 0) is 10.0 Å². The average Bonchev–Trinajstić information content (AvgIpc) is 2.55. The Kier molecular flexibility index (Phi) is 6.40. The van der Waals surface area contributed by atoms with E-state index >= 15 is 0 Å². The van der Waals surface area contributed by atoms with Crippen LogP contribution in [0.2, 0.25) is 0 Å². The lowest BCUT2D eigenvalue weighted by molar-refractivity contribution is 0.0927. The maximum atomic E-state index is 12.6. The zero-order chi connectivity index (χ0) is 17.7. The highest BCUT2D eigenvalue weighted by Crippen LogP contribution is 2.20. The Balaban J connectivity index is 2.20. The van der Waals surface area contributed by atoms with Crippen LogP contribution < -0.4 is 10.0 Å². The van der Waals surface area contributed by atoms with E-state index in [0.717, 1.165) is 31.2 Å². The van der Waals surface area contributed by atoms with Gasteiger partial charge in [-0.15, -0.1) is 0 Å². The summed E-state index contributed by atoms with van der Waals surface area (Å²) in [6, 6.07) is 4.79. The second kappa shape index (κ2) is 8.12. The molecule has 5 nitrogen and oxygen atoms in total. The van der Waals surface area contributed by atoms with Crippen molar-refractivity contribution >= 4 is 15.9 Å². The third-order valence-electron chi connectivity index (χ3n) is 4.67. The number of carbonyl (C=O) groups is 1. The number of aryl methyl sites for hydroxylation is 1. The molecule has 1 aromatic carbocycles. The van der Waals surface area contributed by atoms with Crippen LogP contribution >= 0.6 is 0 Å². The zero-order valence-electron chi connectivity index (χ0n) is 14.8. The van der Waals surface area contributed by atoms with Crippen LogP contribution in [0.4, 0.5) is 0 Å². The van der Waals surface area contributed by atoms with Crippen LogP contribution in [0.25, 0.3) is 0 Å². The topological polar surface area (TPSA) is 75.3 Å². The van der Waals surface area contributed by atoms with Gasteiger partial charge in [0, 0.05) is 17.6 Å². The van der Waals surface area contributed by atoms with E-state index < -0.39 is 10.0 Å². The predicted molar refractivity (Wildman–Crippen MR) is 95.6 cm³/mol. The monoisotopic (exact) mass is 352 g/mol. The number of benzene rings is 1. The summed E-state index contributed by atoms with van der Waals surface area (Å²) in [7, 11) is -3.61. The third kappa shape index (κ3) is 4.80. The third-order valence-corrected chi connectivity index (χ3v) is 6.26. The molecule has 1 unspecified atom stereocenters. The van der Waals surface area contributed by atoms with E-state index in [1.165, 1.54) is 12.5 Å². The lowest BCUT2D eigenvalue weighted by atomic mass is 9.95. The molecule has 2 rings (SSSR count). The van der Waals surface area contributed by atoms with Gasteiger partial charge in [-0.2, -0.15) is 0 Å². The van der Waals surface area contributed by atoms with E-state index in [-0.39, 0.29) is 22.9 Å². The Labute approximate surface area is 145 Å². The number of carbonyl (C=O) groups excluding carboxylic acids is 1. The Bertz CT molecular complexity index is 680.